The summed E-state index contributed by atoms with van der Waals surface area (Å²) in [6.45, 7) is 2.94. The molecule has 3 nitrogen and oxygen atoms in total. The summed E-state index contributed by atoms with van der Waals surface area (Å²) in [5.74, 6) is 1.80. The third kappa shape index (κ3) is 1.57. The lowest BCUT2D eigenvalue weighted by Crippen LogP contribution is -2.19. The van der Waals surface area contributed by atoms with Crippen LogP contribution >= 0.6 is 0 Å². The van der Waals surface area contributed by atoms with Crippen LogP contribution in [0.15, 0.2) is 0 Å². The van der Waals surface area contributed by atoms with E-state index >= 15 is 0 Å². The molecule has 1 aliphatic rings. The predicted molar refractivity (Wildman–Crippen MR) is 55.3 cm³/mol. The van der Waals surface area contributed by atoms with Crippen molar-refractivity contribution in [2.75, 3.05) is 13.7 Å². The zero-order valence-electron chi connectivity index (χ0n) is 9.21. The molecule has 0 aromatic carbocycles. The Balaban J connectivity index is 2.19. The Morgan fingerprint density at radius 3 is 3.07 bits per heavy atom. The summed E-state index contributed by atoms with van der Waals surface area (Å²) in [6, 6.07) is 0. The lowest BCUT2D eigenvalue weighted by atomic mass is 9.90. The molecule has 1 unspecified atom stereocenters. The fourth-order valence-electron chi connectivity index (χ4n) is 2.29. The quantitative estimate of drug-likeness (QED) is 0.713. The van der Waals surface area contributed by atoms with Crippen molar-refractivity contribution in [1.29, 1.82) is 0 Å². The first-order valence-corrected chi connectivity index (χ1v) is 5.22. The van der Waals surface area contributed by atoms with Gasteiger partial charge in [-0.2, -0.15) is 0 Å². The number of hydrogen-bond acceptors (Lipinski definition) is 2. The van der Waals surface area contributed by atoms with Gasteiger partial charge in [0, 0.05) is 26.5 Å². The number of methoxy groups -OCH3 is 1. The van der Waals surface area contributed by atoms with E-state index in [4.69, 9.17) is 4.74 Å². The Hall–Kier alpha value is -0.830. The maximum atomic E-state index is 5.20. The number of rotatable bonds is 2. The first kappa shape index (κ1) is 9.71. The van der Waals surface area contributed by atoms with Crippen LogP contribution in [0.2, 0.25) is 0 Å². The van der Waals surface area contributed by atoms with E-state index in [0.29, 0.717) is 5.92 Å². The van der Waals surface area contributed by atoms with Gasteiger partial charge >= 0.3 is 0 Å². The van der Waals surface area contributed by atoms with Crippen LogP contribution in [0.4, 0.5) is 0 Å². The second-order valence-electron chi connectivity index (χ2n) is 4.18. The average Bonchev–Trinajstić information content (AvgIpc) is 2.43. The van der Waals surface area contributed by atoms with Crippen LogP contribution < -0.4 is 0 Å². The molecule has 1 atom stereocenters. The number of imidazole rings is 1. The van der Waals surface area contributed by atoms with E-state index < -0.39 is 0 Å². The Morgan fingerprint density at radius 2 is 2.36 bits per heavy atom. The Kier molecular flexibility index (Phi) is 2.59. The normalized spacial score (nSPS) is 20.9. The van der Waals surface area contributed by atoms with E-state index in [1.807, 2.05) is 0 Å². The van der Waals surface area contributed by atoms with Crippen LogP contribution in [0.3, 0.4) is 0 Å². The molecule has 3 heteroatoms. The molecule has 2 rings (SSSR count). The standard InChI is InChI=1S/C11H18N2O/c1-8-12-10-6-9(7-14-3)4-5-11(10)13(8)2/h9H,4-7H2,1-3H3. The Morgan fingerprint density at radius 1 is 1.57 bits per heavy atom. The van der Waals surface area contributed by atoms with Crippen molar-refractivity contribution in [1.82, 2.24) is 9.55 Å². The van der Waals surface area contributed by atoms with E-state index in [0.717, 1.165) is 25.3 Å². The van der Waals surface area contributed by atoms with Gasteiger partial charge in [0.15, 0.2) is 0 Å². The minimum Gasteiger partial charge on any atom is -0.384 e. The molecule has 0 bridgehead atoms. The molecular formula is C11H18N2O. The highest BCUT2D eigenvalue weighted by Gasteiger charge is 2.22. The molecule has 78 valence electrons. The maximum Gasteiger partial charge on any atom is 0.105 e. The minimum absolute atomic E-state index is 0.668. The van der Waals surface area contributed by atoms with Crippen molar-refractivity contribution in [3.8, 4) is 0 Å². The van der Waals surface area contributed by atoms with Crippen LogP contribution in [0.1, 0.15) is 23.6 Å². The third-order valence-electron chi connectivity index (χ3n) is 3.19. The summed E-state index contributed by atoms with van der Waals surface area (Å²) in [4.78, 5) is 4.59. The molecular weight excluding hydrogens is 176 g/mol. The van der Waals surface area contributed by atoms with Gasteiger partial charge in [-0.3, -0.25) is 0 Å². The van der Waals surface area contributed by atoms with Gasteiger partial charge in [-0.1, -0.05) is 0 Å². The Labute approximate surface area is 85.1 Å². The fourth-order valence-corrected chi connectivity index (χ4v) is 2.29. The summed E-state index contributed by atoms with van der Waals surface area (Å²) in [5, 5.41) is 0. The number of aryl methyl sites for hydroxylation is 1. The first-order valence-electron chi connectivity index (χ1n) is 5.22. The van der Waals surface area contributed by atoms with Gasteiger partial charge in [0.25, 0.3) is 0 Å². The SMILES string of the molecule is COCC1CCc2c(nc(C)n2C)C1. The van der Waals surface area contributed by atoms with E-state index in [9.17, 15) is 0 Å². The van der Waals surface area contributed by atoms with Crippen molar-refractivity contribution in [2.45, 2.75) is 26.2 Å². The number of hydrogen-bond donors (Lipinski definition) is 0. The summed E-state index contributed by atoms with van der Waals surface area (Å²) in [6.07, 6.45) is 3.48. The lowest BCUT2D eigenvalue weighted by molar-refractivity contribution is 0.144. The second kappa shape index (κ2) is 3.73. The highest BCUT2D eigenvalue weighted by atomic mass is 16.5. The second-order valence-corrected chi connectivity index (χ2v) is 4.18. The molecule has 0 saturated heterocycles. The summed E-state index contributed by atoms with van der Waals surface area (Å²) >= 11 is 0. The number of fused-ring (bicyclic) bond motifs is 1. The van der Waals surface area contributed by atoms with Gasteiger partial charge in [-0.05, 0) is 32.1 Å². The van der Waals surface area contributed by atoms with Crippen LogP contribution in [-0.4, -0.2) is 23.3 Å². The van der Waals surface area contributed by atoms with Crippen molar-refractivity contribution in [3.63, 3.8) is 0 Å². The van der Waals surface area contributed by atoms with Crippen molar-refractivity contribution < 1.29 is 4.74 Å². The number of ether oxygens (including phenoxy) is 1. The number of aromatic nitrogens is 2. The van der Waals surface area contributed by atoms with E-state index in [-0.39, 0.29) is 0 Å². The van der Waals surface area contributed by atoms with Crippen molar-refractivity contribution in [2.24, 2.45) is 13.0 Å². The van der Waals surface area contributed by atoms with Gasteiger partial charge in [0.1, 0.15) is 5.82 Å². The molecule has 14 heavy (non-hydrogen) atoms. The highest BCUT2D eigenvalue weighted by molar-refractivity contribution is 5.20. The van der Waals surface area contributed by atoms with Crippen LogP contribution in [0.25, 0.3) is 0 Å². The fraction of sp³-hybridized carbons (Fsp3) is 0.727. The topological polar surface area (TPSA) is 27.1 Å². The molecule has 0 amide bonds. The summed E-state index contributed by atoms with van der Waals surface area (Å²) in [5.41, 5.74) is 2.72. The van der Waals surface area contributed by atoms with Crippen LogP contribution in [0, 0.1) is 12.8 Å². The van der Waals surface area contributed by atoms with Crippen LogP contribution in [-0.2, 0) is 24.6 Å². The first-order chi connectivity index (χ1) is 6.72. The zero-order valence-corrected chi connectivity index (χ0v) is 9.21. The van der Waals surface area contributed by atoms with Crippen LogP contribution in [0.5, 0.6) is 0 Å². The van der Waals surface area contributed by atoms with E-state index in [1.54, 1.807) is 7.11 Å². The summed E-state index contributed by atoms with van der Waals surface area (Å²) in [7, 11) is 3.89. The highest BCUT2D eigenvalue weighted by Crippen LogP contribution is 2.25. The van der Waals surface area contributed by atoms with Crippen molar-refractivity contribution in [3.05, 3.63) is 17.2 Å². The van der Waals surface area contributed by atoms with Gasteiger partial charge in [0.2, 0.25) is 0 Å². The molecule has 1 aromatic rings. The monoisotopic (exact) mass is 194 g/mol. The smallest absolute Gasteiger partial charge is 0.105 e. The summed E-state index contributed by atoms with van der Waals surface area (Å²) < 4.78 is 7.42. The molecule has 0 aliphatic heterocycles. The molecule has 0 fully saturated rings. The zero-order chi connectivity index (χ0) is 10.1. The minimum atomic E-state index is 0.668. The van der Waals surface area contributed by atoms with Gasteiger partial charge in [-0.25, -0.2) is 4.98 Å². The molecule has 1 aliphatic carbocycles. The molecule has 0 radical (unpaired) electrons. The Bertz CT molecular complexity index is 330. The van der Waals surface area contributed by atoms with E-state index in [2.05, 4.69) is 23.5 Å². The van der Waals surface area contributed by atoms with Gasteiger partial charge < -0.3 is 9.30 Å². The lowest BCUT2D eigenvalue weighted by Gasteiger charge is -2.21. The number of nitrogens with zero attached hydrogens (tertiary/aromatic N) is 2. The molecule has 0 spiro atoms. The largest absolute Gasteiger partial charge is 0.384 e. The molecule has 1 heterocycles. The molecule has 0 saturated carbocycles. The third-order valence-corrected chi connectivity index (χ3v) is 3.19. The van der Waals surface area contributed by atoms with Gasteiger partial charge in [0.05, 0.1) is 5.69 Å². The van der Waals surface area contributed by atoms with Crippen molar-refractivity contribution >= 4 is 0 Å². The van der Waals surface area contributed by atoms with Gasteiger partial charge in [-0.15, -0.1) is 0 Å². The maximum absolute atomic E-state index is 5.20. The average molecular weight is 194 g/mol. The van der Waals surface area contributed by atoms with E-state index in [1.165, 1.54) is 17.8 Å². The predicted octanol–water partition coefficient (Wildman–Crippen LogP) is 1.48. The molecule has 1 aromatic heterocycles. The molecule has 0 N–H and O–H groups in total.